The molecule has 0 aliphatic rings. The van der Waals surface area contributed by atoms with Crippen molar-refractivity contribution in [3.8, 4) is 34.4 Å². The van der Waals surface area contributed by atoms with Crippen LogP contribution in [0.1, 0.15) is 11.1 Å². The molecular weight excluding hydrogens is 586 g/mol. The number of hydrogen-bond acceptors (Lipinski definition) is 5. The van der Waals surface area contributed by atoms with Crippen molar-refractivity contribution in [2.45, 2.75) is 29.7 Å². The fraction of sp³-hybridized carbons (Fsp3) is 0.238. The number of nitrogens with zero attached hydrogens (tertiary/aromatic N) is 1. The molecule has 2 N–H and O–H groups in total. The molecular formula is C21H11Cl2F9N2O4. The molecule has 2 rings (SSSR count). The maximum atomic E-state index is 14.1. The predicted octanol–water partition coefficient (Wildman–Crippen LogP) is 7.09. The van der Waals surface area contributed by atoms with Crippen molar-refractivity contribution in [3.63, 3.8) is 0 Å². The van der Waals surface area contributed by atoms with Gasteiger partial charge in [0.2, 0.25) is 11.7 Å². The van der Waals surface area contributed by atoms with Gasteiger partial charge in [0.25, 0.3) is 11.3 Å². The summed E-state index contributed by atoms with van der Waals surface area (Å²) in [7, 11) is 0. The summed E-state index contributed by atoms with van der Waals surface area (Å²) in [6.07, 6.45) is -14.5. The van der Waals surface area contributed by atoms with E-state index in [1.54, 1.807) is 5.32 Å². The zero-order valence-corrected chi connectivity index (χ0v) is 19.5. The number of nitriles is 1. The zero-order valence-electron chi connectivity index (χ0n) is 18.0. The molecule has 1 amide bonds. The second-order valence-electron chi connectivity index (χ2n) is 6.94. The Morgan fingerprint density at radius 1 is 1.00 bits per heavy atom. The Morgan fingerprint density at radius 2 is 1.47 bits per heavy atom. The zero-order chi connectivity index (χ0) is 29.2. The second-order valence-corrected chi connectivity index (χ2v) is 7.71. The van der Waals surface area contributed by atoms with E-state index >= 15 is 0 Å². The van der Waals surface area contributed by atoms with Crippen LogP contribution in [0.4, 0.5) is 45.2 Å². The maximum Gasteiger partial charge on any atom is 0.444 e. The van der Waals surface area contributed by atoms with Crippen LogP contribution in [0, 0.1) is 11.3 Å². The Labute approximate surface area is 216 Å². The molecule has 206 valence electrons. The molecule has 0 fully saturated rings. The average Bonchev–Trinajstić information content (AvgIpc) is 2.81. The number of aromatic hydroxyl groups is 1. The Morgan fingerprint density at radius 3 is 1.87 bits per heavy atom. The monoisotopic (exact) mass is 596 g/mol. The van der Waals surface area contributed by atoms with E-state index in [9.17, 15) is 54.7 Å². The molecule has 0 aromatic heterocycles. The number of hydrogen-bond donors (Lipinski definition) is 2. The number of carbonyl (C=O) groups is 1. The molecule has 0 saturated carbocycles. The van der Waals surface area contributed by atoms with Gasteiger partial charge in [-0.05, 0) is 23.8 Å². The summed E-state index contributed by atoms with van der Waals surface area (Å²) in [6, 6.07) is 3.29. The summed E-state index contributed by atoms with van der Waals surface area (Å²) in [5.74, 6) is -6.73. The molecule has 0 heterocycles. The van der Waals surface area contributed by atoms with Gasteiger partial charge in [0, 0.05) is 5.56 Å². The Bertz CT molecular complexity index is 1260. The molecule has 2 aromatic rings. The first-order chi connectivity index (χ1) is 17.4. The van der Waals surface area contributed by atoms with E-state index in [1.807, 2.05) is 0 Å². The smallest absolute Gasteiger partial charge is 0.444 e. The van der Waals surface area contributed by atoms with Crippen LogP contribution in [0.5, 0.6) is 17.2 Å². The molecule has 2 unspecified atom stereocenters. The van der Waals surface area contributed by atoms with Crippen molar-refractivity contribution >= 4 is 34.8 Å². The van der Waals surface area contributed by atoms with Gasteiger partial charge >= 0.3 is 18.4 Å². The van der Waals surface area contributed by atoms with Gasteiger partial charge < -0.3 is 19.9 Å². The van der Waals surface area contributed by atoms with Crippen molar-refractivity contribution in [2.24, 2.45) is 0 Å². The van der Waals surface area contributed by atoms with Gasteiger partial charge in [0.15, 0.2) is 11.5 Å². The van der Waals surface area contributed by atoms with E-state index in [0.717, 1.165) is 0 Å². The highest BCUT2D eigenvalue weighted by Crippen LogP contribution is 2.54. The number of ether oxygens (including phenoxy) is 2. The van der Waals surface area contributed by atoms with Gasteiger partial charge in [-0.2, -0.15) is 36.0 Å². The lowest BCUT2D eigenvalue weighted by Gasteiger charge is -2.26. The number of carbonyl (C=O) groups excluding carboxylic acids is 1. The highest BCUT2D eigenvalue weighted by Gasteiger charge is 2.47. The van der Waals surface area contributed by atoms with Crippen LogP contribution < -0.4 is 14.8 Å². The molecule has 2 atom stereocenters. The van der Waals surface area contributed by atoms with Crippen LogP contribution in [0.15, 0.2) is 36.9 Å². The molecule has 0 aliphatic carbocycles. The minimum atomic E-state index is -5.06. The van der Waals surface area contributed by atoms with Crippen LogP contribution >= 0.6 is 23.2 Å². The number of phenols is 1. The van der Waals surface area contributed by atoms with Crippen LogP contribution in [0.3, 0.4) is 0 Å². The van der Waals surface area contributed by atoms with Crippen LogP contribution in [0.2, 0.25) is 0 Å². The highest BCUT2D eigenvalue weighted by molar-refractivity contribution is 6.20. The summed E-state index contributed by atoms with van der Waals surface area (Å²) in [4.78, 5) is 12.0. The van der Waals surface area contributed by atoms with Gasteiger partial charge in [-0.25, -0.2) is 8.78 Å². The van der Waals surface area contributed by atoms with Crippen molar-refractivity contribution < 1.29 is 58.9 Å². The standard InChI is InChI=1S/C21H11Cl2F9N2O4/c1-2-11(35)34-13-12(8-3-5-9(6-4-8)19(26,27)28)10(7-33)15(37-20(29,30)17(22)24)14(36)16(13)38-21(31,32)18(23)25/h2-6,17-18,36H,1H2,(H,34,35). The minimum absolute atomic E-state index is 0.416. The fourth-order valence-corrected chi connectivity index (χ4v) is 2.86. The first kappa shape index (κ1) is 30.7. The van der Waals surface area contributed by atoms with Crippen LogP contribution in [0.25, 0.3) is 11.1 Å². The molecule has 17 heteroatoms. The average molecular weight is 597 g/mol. The summed E-state index contributed by atoms with van der Waals surface area (Å²) in [5, 5.41) is 21.9. The quantitative estimate of drug-likeness (QED) is 0.183. The summed E-state index contributed by atoms with van der Waals surface area (Å²) < 4.78 is 130. The number of phenolic OH excluding ortho intramolecular Hbond substituents is 1. The van der Waals surface area contributed by atoms with Gasteiger partial charge in [-0.3, -0.25) is 4.79 Å². The van der Waals surface area contributed by atoms with Gasteiger partial charge in [-0.15, -0.1) is 0 Å². The first-order valence-corrected chi connectivity index (χ1v) is 10.4. The van der Waals surface area contributed by atoms with Crippen LogP contribution in [-0.4, -0.2) is 34.5 Å². The highest BCUT2D eigenvalue weighted by atomic mass is 35.5. The minimum Gasteiger partial charge on any atom is -0.502 e. The third kappa shape index (κ3) is 6.48. The lowest BCUT2D eigenvalue weighted by molar-refractivity contribution is -0.203. The normalized spacial score (nSPS) is 13.7. The van der Waals surface area contributed by atoms with Crippen molar-refractivity contribution in [3.05, 3.63) is 48.0 Å². The van der Waals surface area contributed by atoms with Gasteiger partial charge in [0.05, 0.1) is 11.3 Å². The van der Waals surface area contributed by atoms with Crippen molar-refractivity contribution in [1.29, 1.82) is 5.26 Å². The molecule has 0 aliphatic heterocycles. The van der Waals surface area contributed by atoms with E-state index in [4.69, 9.17) is 23.2 Å². The Kier molecular flexibility index (Phi) is 8.95. The fourth-order valence-electron chi connectivity index (χ4n) is 2.77. The maximum absolute atomic E-state index is 14.1. The van der Waals surface area contributed by atoms with Crippen LogP contribution in [-0.2, 0) is 11.0 Å². The van der Waals surface area contributed by atoms with E-state index < -0.39 is 80.8 Å². The molecule has 0 spiro atoms. The number of rotatable bonds is 9. The molecule has 2 aromatic carbocycles. The largest absolute Gasteiger partial charge is 0.502 e. The number of anilines is 1. The lowest BCUT2D eigenvalue weighted by atomic mass is 9.94. The molecule has 0 saturated heterocycles. The van der Waals surface area contributed by atoms with E-state index in [2.05, 4.69) is 16.1 Å². The Hall–Kier alpha value is -3.51. The number of amides is 1. The molecule has 6 nitrogen and oxygen atoms in total. The second kappa shape index (κ2) is 11.1. The van der Waals surface area contributed by atoms with E-state index in [0.29, 0.717) is 30.3 Å². The number of nitrogens with one attached hydrogen (secondary N) is 1. The summed E-state index contributed by atoms with van der Waals surface area (Å²) >= 11 is 9.41. The first-order valence-electron chi connectivity index (χ1n) is 9.51. The van der Waals surface area contributed by atoms with Gasteiger partial charge in [0.1, 0.15) is 11.6 Å². The van der Waals surface area contributed by atoms with E-state index in [-0.39, 0.29) is 0 Å². The Balaban J connectivity index is 3.08. The molecule has 0 bridgehead atoms. The summed E-state index contributed by atoms with van der Waals surface area (Å²) in [5.41, 5.74) is -12.5. The number of benzene rings is 2. The molecule has 0 radical (unpaired) electrons. The number of halogens is 11. The number of alkyl halides is 11. The third-order valence-electron chi connectivity index (χ3n) is 4.41. The lowest BCUT2D eigenvalue weighted by Crippen LogP contribution is -2.34. The van der Waals surface area contributed by atoms with Crippen molar-refractivity contribution in [2.75, 3.05) is 5.32 Å². The third-order valence-corrected chi connectivity index (χ3v) is 4.92. The SMILES string of the molecule is C=CC(=O)Nc1c(OC(F)(F)C(F)Cl)c(O)c(OC(F)(F)C(F)Cl)c(C#N)c1-c1ccc(C(F)(F)F)cc1. The topological polar surface area (TPSA) is 91.6 Å². The summed E-state index contributed by atoms with van der Waals surface area (Å²) in [6.45, 7) is 3.07. The van der Waals surface area contributed by atoms with E-state index in [1.165, 1.54) is 6.07 Å². The van der Waals surface area contributed by atoms with Gasteiger partial charge in [-0.1, -0.05) is 41.9 Å². The molecule has 38 heavy (non-hydrogen) atoms. The van der Waals surface area contributed by atoms with Crippen molar-refractivity contribution in [1.82, 2.24) is 0 Å². The predicted molar refractivity (Wildman–Crippen MR) is 115 cm³/mol.